The van der Waals surface area contributed by atoms with E-state index in [4.69, 9.17) is 4.74 Å². The number of halogens is 1. The van der Waals surface area contributed by atoms with Crippen molar-refractivity contribution in [1.82, 2.24) is 4.98 Å². The number of rotatable bonds is 6. The number of carbonyl (C=O) groups is 1. The summed E-state index contributed by atoms with van der Waals surface area (Å²) in [5, 5.41) is 4.79. The third-order valence-electron chi connectivity index (χ3n) is 2.98. The van der Waals surface area contributed by atoms with Crippen LogP contribution in [0.4, 0.5) is 5.69 Å². The quantitative estimate of drug-likeness (QED) is 0.645. The SMILES string of the molecule is COc1cc(NC(=O)CCCCBr)c2ncccc2c1. The molecule has 0 bridgehead atoms. The van der Waals surface area contributed by atoms with Crippen molar-refractivity contribution in [3.63, 3.8) is 0 Å². The Hall–Kier alpha value is -1.62. The monoisotopic (exact) mass is 336 g/mol. The maximum atomic E-state index is 11.9. The van der Waals surface area contributed by atoms with Gasteiger partial charge in [0.25, 0.3) is 0 Å². The molecule has 0 radical (unpaired) electrons. The van der Waals surface area contributed by atoms with E-state index in [1.54, 1.807) is 19.4 Å². The second kappa shape index (κ2) is 7.24. The lowest BCUT2D eigenvalue weighted by Gasteiger charge is -2.10. The highest BCUT2D eigenvalue weighted by atomic mass is 79.9. The highest BCUT2D eigenvalue weighted by Crippen LogP contribution is 2.27. The molecule has 2 rings (SSSR count). The zero-order chi connectivity index (χ0) is 14.4. The predicted molar refractivity (Wildman–Crippen MR) is 84.6 cm³/mol. The number of hydrogen-bond donors (Lipinski definition) is 1. The minimum atomic E-state index is 0.00570. The third kappa shape index (κ3) is 3.70. The molecule has 5 heteroatoms. The summed E-state index contributed by atoms with van der Waals surface area (Å²) in [7, 11) is 1.61. The molecular formula is C15H17BrN2O2. The van der Waals surface area contributed by atoms with Gasteiger partial charge in [-0.15, -0.1) is 0 Å². The number of ether oxygens (including phenoxy) is 1. The Morgan fingerprint density at radius 1 is 1.40 bits per heavy atom. The number of nitrogens with zero attached hydrogens (tertiary/aromatic N) is 1. The van der Waals surface area contributed by atoms with Gasteiger partial charge in [-0.05, 0) is 25.0 Å². The summed E-state index contributed by atoms with van der Waals surface area (Å²) in [5.74, 6) is 0.715. The summed E-state index contributed by atoms with van der Waals surface area (Å²) in [6.45, 7) is 0. The van der Waals surface area contributed by atoms with Crippen LogP contribution in [0.25, 0.3) is 10.9 Å². The van der Waals surface area contributed by atoms with Crippen molar-refractivity contribution in [2.24, 2.45) is 0 Å². The molecule has 0 saturated carbocycles. The largest absolute Gasteiger partial charge is 0.497 e. The van der Waals surface area contributed by atoms with Crippen molar-refractivity contribution < 1.29 is 9.53 Å². The molecular weight excluding hydrogens is 320 g/mol. The van der Waals surface area contributed by atoms with E-state index in [9.17, 15) is 4.79 Å². The van der Waals surface area contributed by atoms with Crippen LogP contribution < -0.4 is 10.1 Å². The lowest BCUT2D eigenvalue weighted by Crippen LogP contribution is -2.12. The minimum absolute atomic E-state index is 0.00570. The zero-order valence-electron chi connectivity index (χ0n) is 11.4. The molecule has 0 spiro atoms. The molecule has 2 aromatic rings. The fourth-order valence-corrected chi connectivity index (χ4v) is 2.37. The van der Waals surface area contributed by atoms with E-state index >= 15 is 0 Å². The molecule has 20 heavy (non-hydrogen) atoms. The molecule has 106 valence electrons. The van der Waals surface area contributed by atoms with E-state index in [1.807, 2.05) is 18.2 Å². The van der Waals surface area contributed by atoms with Crippen LogP contribution in [0.1, 0.15) is 19.3 Å². The number of anilines is 1. The van der Waals surface area contributed by atoms with Crippen LogP contribution in [0.3, 0.4) is 0 Å². The van der Waals surface area contributed by atoms with Crippen molar-refractivity contribution in [1.29, 1.82) is 0 Å². The molecule has 0 aliphatic carbocycles. The molecule has 1 aromatic heterocycles. The lowest BCUT2D eigenvalue weighted by atomic mass is 10.1. The highest BCUT2D eigenvalue weighted by Gasteiger charge is 2.09. The van der Waals surface area contributed by atoms with Crippen LogP contribution in [0.2, 0.25) is 0 Å². The molecule has 0 aliphatic heterocycles. The summed E-state index contributed by atoms with van der Waals surface area (Å²) in [6.07, 6.45) is 4.09. The lowest BCUT2D eigenvalue weighted by molar-refractivity contribution is -0.116. The van der Waals surface area contributed by atoms with Crippen molar-refractivity contribution in [2.45, 2.75) is 19.3 Å². The summed E-state index contributed by atoms with van der Waals surface area (Å²) in [5.41, 5.74) is 1.48. The van der Waals surface area contributed by atoms with Gasteiger partial charge in [0.1, 0.15) is 5.75 Å². The minimum Gasteiger partial charge on any atom is -0.497 e. The predicted octanol–water partition coefficient (Wildman–Crippen LogP) is 3.75. The van der Waals surface area contributed by atoms with E-state index in [2.05, 4.69) is 26.2 Å². The number of pyridine rings is 1. The summed E-state index contributed by atoms with van der Waals surface area (Å²) < 4.78 is 5.26. The van der Waals surface area contributed by atoms with Crippen LogP contribution in [0.15, 0.2) is 30.5 Å². The molecule has 1 amide bonds. The van der Waals surface area contributed by atoms with Crippen LogP contribution in [-0.4, -0.2) is 23.3 Å². The molecule has 1 N–H and O–H groups in total. The van der Waals surface area contributed by atoms with Crippen molar-refractivity contribution in [2.75, 3.05) is 17.8 Å². The van der Waals surface area contributed by atoms with Crippen LogP contribution in [-0.2, 0) is 4.79 Å². The summed E-state index contributed by atoms with van der Waals surface area (Å²) in [6, 6.07) is 7.52. The van der Waals surface area contributed by atoms with Gasteiger partial charge in [-0.2, -0.15) is 0 Å². The number of methoxy groups -OCH3 is 1. The molecule has 0 saturated heterocycles. The van der Waals surface area contributed by atoms with Gasteiger partial charge in [0.2, 0.25) is 5.91 Å². The topological polar surface area (TPSA) is 51.2 Å². The first-order valence-corrected chi connectivity index (χ1v) is 7.65. The maximum Gasteiger partial charge on any atom is 0.224 e. The van der Waals surface area contributed by atoms with Crippen molar-refractivity contribution >= 4 is 38.4 Å². The molecule has 1 heterocycles. The Labute approximate surface area is 126 Å². The van der Waals surface area contributed by atoms with E-state index in [0.29, 0.717) is 17.9 Å². The normalized spacial score (nSPS) is 10.5. The second-order valence-electron chi connectivity index (χ2n) is 4.44. The molecule has 0 unspecified atom stereocenters. The molecule has 0 aliphatic rings. The Balaban J connectivity index is 2.21. The molecule has 0 atom stereocenters. The van der Waals surface area contributed by atoms with Gasteiger partial charge in [0.15, 0.2) is 0 Å². The van der Waals surface area contributed by atoms with Crippen LogP contribution in [0, 0.1) is 0 Å². The Morgan fingerprint density at radius 3 is 3.00 bits per heavy atom. The van der Waals surface area contributed by atoms with Crippen LogP contribution >= 0.6 is 15.9 Å². The number of hydrogen-bond acceptors (Lipinski definition) is 3. The third-order valence-corrected chi connectivity index (χ3v) is 3.54. The number of unbranched alkanes of at least 4 members (excludes halogenated alkanes) is 1. The second-order valence-corrected chi connectivity index (χ2v) is 5.24. The zero-order valence-corrected chi connectivity index (χ0v) is 12.9. The number of benzene rings is 1. The Morgan fingerprint density at radius 2 is 2.25 bits per heavy atom. The first-order valence-electron chi connectivity index (χ1n) is 6.53. The first kappa shape index (κ1) is 14.8. The average Bonchev–Trinajstić information content (AvgIpc) is 2.47. The number of alkyl halides is 1. The summed E-state index contributed by atoms with van der Waals surface area (Å²) in [4.78, 5) is 16.3. The number of fused-ring (bicyclic) bond motifs is 1. The van der Waals surface area contributed by atoms with Crippen molar-refractivity contribution in [3.05, 3.63) is 30.5 Å². The standard InChI is InChI=1S/C15H17BrN2O2/c1-20-12-9-11-5-4-8-17-15(11)13(10-12)18-14(19)6-2-3-7-16/h4-5,8-10H,2-3,6-7H2,1H3,(H,18,19). The maximum absolute atomic E-state index is 11.9. The molecule has 1 aromatic carbocycles. The van der Waals surface area contributed by atoms with Gasteiger partial charge < -0.3 is 10.1 Å². The summed E-state index contributed by atoms with van der Waals surface area (Å²) >= 11 is 3.36. The average molecular weight is 337 g/mol. The molecule has 0 fully saturated rings. The van der Waals surface area contributed by atoms with Gasteiger partial charge in [-0.3, -0.25) is 9.78 Å². The van der Waals surface area contributed by atoms with Gasteiger partial charge in [-0.1, -0.05) is 22.0 Å². The fourth-order valence-electron chi connectivity index (χ4n) is 1.97. The number of aromatic nitrogens is 1. The van der Waals surface area contributed by atoms with Gasteiger partial charge in [-0.25, -0.2) is 0 Å². The Kier molecular flexibility index (Phi) is 5.35. The van der Waals surface area contributed by atoms with Gasteiger partial charge in [0, 0.05) is 29.4 Å². The Bertz CT molecular complexity index is 601. The van der Waals surface area contributed by atoms with E-state index in [1.165, 1.54) is 0 Å². The number of amides is 1. The number of carbonyl (C=O) groups excluding carboxylic acids is 1. The fraction of sp³-hybridized carbons (Fsp3) is 0.333. The van der Waals surface area contributed by atoms with E-state index < -0.39 is 0 Å². The smallest absolute Gasteiger partial charge is 0.224 e. The highest BCUT2D eigenvalue weighted by molar-refractivity contribution is 9.09. The van der Waals surface area contributed by atoms with Crippen LogP contribution in [0.5, 0.6) is 5.75 Å². The first-order chi connectivity index (χ1) is 9.74. The van der Waals surface area contributed by atoms with Gasteiger partial charge in [0.05, 0.1) is 18.3 Å². The van der Waals surface area contributed by atoms with E-state index in [-0.39, 0.29) is 5.91 Å². The number of nitrogens with one attached hydrogen (secondary N) is 1. The van der Waals surface area contributed by atoms with Crippen molar-refractivity contribution in [3.8, 4) is 5.75 Å². The molecule has 4 nitrogen and oxygen atoms in total. The van der Waals surface area contributed by atoms with E-state index in [0.717, 1.165) is 29.1 Å². The van der Waals surface area contributed by atoms with Gasteiger partial charge >= 0.3 is 0 Å².